The number of esters is 1. The summed E-state index contributed by atoms with van der Waals surface area (Å²) < 4.78 is 9.98. The Morgan fingerprint density at radius 3 is 2.43 bits per heavy atom. The van der Waals surface area contributed by atoms with E-state index in [1.54, 1.807) is 30.6 Å². The van der Waals surface area contributed by atoms with Crippen LogP contribution in [0, 0.1) is 0 Å². The van der Waals surface area contributed by atoms with Crippen LogP contribution in [0.2, 0.25) is 0 Å². The van der Waals surface area contributed by atoms with E-state index in [2.05, 4.69) is 10.7 Å². The Hall–Kier alpha value is -3.12. The van der Waals surface area contributed by atoms with E-state index in [1.807, 2.05) is 36.4 Å². The molecule has 2 heterocycles. The Morgan fingerprint density at radius 2 is 1.79 bits per heavy atom. The van der Waals surface area contributed by atoms with Crippen LogP contribution in [0.25, 0.3) is 11.1 Å². The third-order valence-electron chi connectivity index (χ3n) is 4.93. The minimum atomic E-state index is -0.369. The maximum absolute atomic E-state index is 12.4. The number of carbonyl (C=O) groups excluding carboxylic acids is 2. The lowest BCUT2D eigenvalue weighted by Crippen LogP contribution is -2.22. The molecule has 6 heteroatoms. The van der Waals surface area contributed by atoms with Gasteiger partial charge in [-0.05, 0) is 35.4 Å². The summed E-state index contributed by atoms with van der Waals surface area (Å²) in [6, 6.07) is 15.1. The number of amides is 1. The fourth-order valence-corrected chi connectivity index (χ4v) is 4.61. The first-order valence-corrected chi connectivity index (χ1v) is 9.72. The van der Waals surface area contributed by atoms with Crippen LogP contribution in [0.15, 0.2) is 53.9 Å². The number of carbonyl (C=O) groups is 2. The van der Waals surface area contributed by atoms with Gasteiger partial charge in [0.15, 0.2) is 0 Å². The molecule has 0 saturated carbocycles. The summed E-state index contributed by atoms with van der Waals surface area (Å²) in [5, 5.41) is 5.12. The third kappa shape index (κ3) is 3.27. The Kier molecular flexibility index (Phi) is 4.88. The first kappa shape index (κ1) is 18.3. The van der Waals surface area contributed by atoms with Gasteiger partial charge < -0.3 is 14.8 Å². The monoisotopic (exact) mass is 393 g/mol. The minimum absolute atomic E-state index is 0.0114. The quantitative estimate of drug-likeness (QED) is 0.654. The Morgan fingerprint density at radius 1 is 1.07 bits per heavy atom. The zero-order chi connectivity index (χ0) is 19.7. The van der Waals surface area contributed by atoms with Crippen molar-refractivity contribution in [1.29, 1.82) is 0 Å². The second-order valence-corrected chi connectivity index (χ2v) is 7.45. The topological polar surface area (TPSA) is 64.6 Å². The summed E-state index contributed by atoms with van der Waals surface area (Å²) in [4.78, 5) is 25.2. The van der Waals surface area contributed by atoms with Crippen molar-refractivity contribution in [1.82, 2.24) is 0 Å². The van der Waals surface area contributed by atoms with Crippen LogP contribution in [0.3, 0.4) is 0 Å². The van der Waals surface area contributed by atoms with E-state index >= 15 is 0 Å². The molecule has 1 aliphatic rings. The molecule has 28 heavy (non-hydrogen) atoms. The maximum atomic E-state index is 12.4. The Bertz CT molecular complexity index is 1020. The van der Waals surface area contributed by atoms with Gasteiger partial charge in [-0.3, -0.25) is 4.79 Å². The number of rotatable bonds is 4. The molecule has 0 radical (unpaired) electrons. The van der Waals surface area contributed by atoms with E-state index < -0.39 is 0 Å². The number of fused-ring (bicyclic) bond motifs is 1. The van der Waals surface area contributed by atoms with E-state index in [4.69, 9.17) is 9.47 Å². The Labute approximate surface area is 166 Å². The lowest BCUT2D eigenvalue weighted by molar-refractivity contribution is -0.116. The second-order valence-electron chi connectivity index (χ2n) is 6.54. The van der Waals surface area contributed by atoms with Gasteiger partial charge in [-0.15, -0.1) is 11.3 Å². The summed E-state index contributed by atoms with van der Waals surface area (Å²) in [5.74, 6) is 0.377. The molecule has 1 aliphatic heterocycles. The van der Waals surface area contributed by atoms with Crippen molar-refractivity contribution >= 4 is 28.9 Å². The van der Waals surface area contributed by atoms with E-state index in [-0.39, 0.29) is 17.8 Å². The zero-order valence-electron chi connectivity index (χ0n) is 15.5. The molecule has 0 saturated heterocycles. The van der Waals surface area contributed by atoms with Crippen LogP contribution in [-0.2, 0) is 9.53 Å². The van der Waals surface area contributed by atoms with Crippen molar-refractivity contribution in [2.75, 3.05) is 19.5 Å². The van der Waals surface area contributed by atoms with Crippen LogP contribution >= 0.6 is 11.3 Å². The molecule has 0 unspecified atom stereocenters. The number of nitrogens with one attached hydrogen (secondary N) is 1. The van der Waals surface area contributed by atoms with Gasteiger partial charge in [-0.2, -0.15) is 0 Å². The van der Waals surface area contributed by atoms with Crippen LogP contribution in [0.5, 0.6) is 5.75 Å². The fourth-order valence-electron chi connectivity index (χ4n) is 3.45. The summed E-state index contributed by atoms with van der Waals surface area (Å²) in [6.45, 7) is 0. The van der Waals surface area contributed by atoms with Crippen molar-refractivity contribution in [2.45, 2.75) is 12.3 Å². The zero-order valence-corrected chi connectivity index (χ0v) is 16.3. The average molecular weight is 393 g/mol. The summed E-state index contributed by atoms with van der Waals surface area (Å²) in [5.41, 5.74) is 4.41. The molecule has 0 bridgehead atoms. The molecule has 0 aliphatic carbocycles. The van der Waals surface area contributed by atoms with Crippen molar-refractivity contribution in [2.24, 2.45) is 0 Å². The van der Waals surface area contributed by atoms with E-state index in [9.17, 15) is 9.59 Å². The van der Waals surface area contributed by atoms with E-state index in [1.165, 1.54) is 7.11 Å². The lowest BCUT2D eigenvalue weighted by atomic mass is 9.88. The highest BCUT2D eigenvalue weighted by atomic mass is 32.1. The molecule has 142 valence electrons. The number of benzene rings is 2. The molecule has 5 nitrogen and oxygen atoms in total. The van der Waals surface area contributed by atoms with Crippen molar-refractivity contribution in [3.05, 3.63) is 69.9 Å². The number of hydrogen-bond donors (Lipinski definition) is 1. The predicted molar refractivity (Wildman–Crippen MR) is 109 cm³/mol. The maximum Gasteiger partial charge on any atom is 0.337 e. The predicted octanol–water partition coefficient (Wildman–Crippen LogP) is 4.68. The second kappa shape index (κ2) is 7.48. The van der Waals surface area contributed by atoms with Crippen LogP contribution < -0.4 is 10.1 Å². The molecular weight excluding hydrogens is 374 g/mol. The molecule has 1 N–H and O–H groups in total. The van der Waals surface area contributed by atoms with Gasteiger partial charge in [0, 0.05) is 28.2 Å². The minimum Gasteiger partial charge on any atom is -0.497 e. The molecule has 2 aromatic carbocycles. The summed E-state index contributed by atoms with van der Waals surface area (Å²) >= 11 is 1.64. The highest BCUT2D eigenvalue weighted by Crippen LogP contribution is 2.46. The molecule has 1 amide bonds. The van der Waals surface area contributed by atoms with Gasteiger partial charge in [0.1, 0.15) is 5.75 Å². The largest absolute Gasteiger partial charge is 0.497 e. The lowest BCUT2D eigenvalue weighted by Gasteiger charge is -2.24. The van der Waals surface area contributed by atoms with Gasteiger partial charge >= 0.3 is 5.97 Å². The van der Waals surface area contributed by atoms with Crippen LogP contribution in [0.1, 0.15) is 33.1 Å². The van der Waals surface area contributed by atoms with Crippen molar-refractivity contribution in [3.63, 3.8) is 0 Å². The molecule has 0 fully saturated rings. The van der Waals surface area contributed by atoms with Gasteiger partial charge in [0.25, 0.3) is 0 Å². The average Bonchev–Trinajstić information content (AvgIpc) is 3.16. The number of ether oxygens (including phenoxy) is 2. The normalized spacial score (nSPS) is 15.5. The summed E-state index contributed by atoms with van der Waals surface area (Å²) in [6.07, 6.45) is 0.382. The van der Waals surface area contributed by atoms with Gasteiger partial charge in [0.2, 0.25) is 5.91 Å². The molecule has 1 aromatic heterocycles. The molecule has 1 atom stereocenters. The molecule has 4 rings (SSSR count). The standard InChI is InChI=1S/C22H19NO4S/c1-26-16-9-7-14(8-10-16)18-12-28-21-17(11-19(24)23-20(18)21)13-3-5-15(6-4-13)22(25)27-2/h3-10,12,17H,11H2,1-2H3,(H,23,24)/t17-/m0/s1. The number of anilines is 1. The van der Waals surface area contributed by atoms with Crippen LogP contribution in [0.4, 0.5) is 5.69 Å². The number of methoxy groups -OCH3 is 2. The number of thiophene rings is 1. The van der Waals surface area contributed by atoms with Gasteiger partial charge in [-0.1, -0.05) is 24.3 Å². The molecule has 3 aromatic rings. The first-order valence-electron chi connectivity index (χ1n) is 8.84. The first-order chi connectivity index (χ1) is 13.6. The number of hydrogen-bond acceptors (Lipinski definition) is 5. The van der Waals surface area contributed by atoms with Crippen LogP contribution in [-0.4, -0.2) is 26.1 Å². The molecule has 0 spiro atoms. The van der Waals surface area contributed by atoms with Gasteiger partial charge in [-0.25, -0.2) is 4.79 Å². The molecular formula is C22H19NO4S. The van der Waals surface area contributed by atoms with Crippen molar-refractivity contribution in [3.8, 4) is 16.9 Å². The SMILES string of the molecule is COC(=O)c1ccc([C@@H]2CC(=O)Nc3c(-c4ccc(OC)cc4)csc32)cc1. The smallest absolute Gasteiger partial charge is 0.337 e. The van der Waals surface area contributed by atoms with Crippen molar-refractivity contribution < 1.29 is 19.1 Å². The third-order valence-corrected chi connectivity index (χ3v) is 6.02. The fraction of sp³-hybridized carbons (Fsp3) is 0.182. The van der Waals surface area contributed by atoms with E-state index in [0.29, 0.717) is 12.0 Å². The van der Waals surface area contributed by atoms with Gasteiger partial charge in [0.05, 0.1) is 25.5 Å². The highest BCUT2D eigenvalue weighted by Gasteiger charge is 2.30. The highest BCUT2D eigenvalue weighted by molar-refractivity contribution is 7.11. The summed E-state index contributed by atoms with van der Waals surface area (Å²) in [7, 11) is 3.00. The Balaban J connectivity index is 1.71. The van der Waals surface area contributed by atoms with E-state index in [0.717, 1.165) is 33.0 Å².